The van der Waals surface area contributed by atoms with Gasteiger partial charge in [0.1, 0.15) is 23.9 Å². The minimum absolute atomic E-state index is 0.0922. The van der Waals surface area contributed by atoms with E-state index in [2.05, 4.69) is 5.18 Å². The molecule has 3 rings (SSSR count). The van der Waals surface area contributed by atoms with Crippen molar-refractivity contribution >= 4 is 17.2 Å². The Bertz CT molecular complexity index is 945. The number of alkyl halides is 3. The lowest BCUT2D eigenvalue weighted by Gasteiger charge is -2.44. The molecule has 6 nitrogen and oxygen atoms in total. The fraction of sp³-hybridized carbons (Fsp3) is 0.350. The second-order valence-electron chi connectivity index (χ2n) is 7.17. The van der Waals surface area contributed by atoms with Crippen LogP contribution in [0.2, 0.25) is 0 Å². The third-order valence-corrected chi connectivity index (χ3v) is 4.90. The summed E-state index contributed by atoms with van der Waals surface area (Å²) >= 11 is 0. The largest absolute Gasteiger partial charge is 0.490 e. The quantitative estimate of drug-likeness (QED) is 0.530. The second kappa shape index (κ2) is 8.02. The van der Waals surface area contributed by atoms with Crippen molar-refractivity contribution in [1.82, 2.24) is 0 Å². The molecule has 1 N–H and O–H groups in total. The predicted molar refractivity (Wildman–Crippen MR) is 100 cm³/mol. The number of rotatable bonds is 7. The first kappa shape index (κ1) is 21.7. The third kappa shape index (κ3) is 4.43. The van der Waals surface area contributed by atoms with Crippen molar-refractivity contribution in [2.75, 3.05) is 18.1 Å². The number of carbonyl (C=O) groups excluding carboxylic acids is 1. The highest BCUT2D eigenvalue weighted by Gasteiger charge is 2.44. The van der Waals surface area contributed by atoms with Crippen LogP contribution in [0.1, 0.15) is 18.9 Å². The standard InChI is InChI=1S/C20H18F4N2O4/c1-19(28,11-30-14-5-2-12(21)3-6-14)18(27)17-8-9-26(17)13-4-7-16(25-29)15(10-13)20(22,23)24/h2-7,10,17,28H,8-9,11H2,1H3/t17-,19+/m1/s1. The van der Waals surface area contributed by atoms with Crippen LogP contribution in [0.15, 0.2) is 47.6 Å². The Labute approximate surface area is 169 Å². The lowest BCUT2D eigenvalue weighted by Crippen LogP contribution is -2.60. The minimum atomic E-state index is -4.78. The highest BCUT2D eigenvalue weighted by Crippen LogP contribution is 2.40. The Morgan fingerprint density at radius 2 is 1.90 bits per heavy atom. The zero-order chi connectivity index (χ0) is 22.1. The Morgan fingerprint density at radius 1 is 1.23 bits per heavy atom. The van der Waals surface area contributed by atoms with E-state index >= 15 is 0 Å². The number of hydrogen-bond donors (Lipinski definition) is 1. The molecule has 1 aliphatic rings. The van der Waals surface area contributed by atoms with Gasteiger partial charge in [0, 0.05) is 12.2 Å². The Morgan fingerprint density at radius 3 is 2.43 bits per heavy atom. The smallest absolute Gasteiger partial charge is 0.418 e. The van der Waals surface area contributed by atoms with Crippen molar-refractivity contribution in [3.8, 4) is 5.75 Å². The molecule has 2 aromatic carbocycles. The minimum Gasteiger partial charge on any atom is -0.490 e. The van der Waals surface area contributed by atoms with Crippen LogP contribution in [0.3, 0.4) is 0 Å². The number of nitrogens with zero attached hydrogens (tertiary/aromatic N) is 2. The van der Waals surface area contributed by atoms with Gasteiger partial charge in [-0.15, -0.1) is 4.91 Å². The number of benzene rings is 2. The molecule has 0 saturated carbocycles. The van der Waals surface area contributed by atoms with Crippen LogP contribution in [0, 0.1) is 10.7 Å². The maximum absolute atomic E-state index is 13.2. The number of nitroso groups, excluding NO2 is 1. The summed E-state index contributed by atoms with van der Waals surface area (Å²) in [5.74, 6) is -0.840. The first-order valence-electron chi connectivity index (χ1n) is 8.99. The molecule has 1 saturated heterocycles. The van der Waals surface area contributed by atoms with Crippen LogP contribution >= 0.6 is 0 Å². The number of hydrogen-bond acceptors (Lipinski definition) is 6. The number of ether oxygens (including phenoxy) is 1. The second-order valence-corrected chi connectivity index (χ2v) is 7.17. The van der Waals surface area contributed by atoms with E-state index in [1.165, 1.54) is 30.0 Å². The van der Waals surface area contributed by atoms with E-state index in [9.17, 15) is 32.4 Å². The van der Waals surface area contributed by atoms with E-state index in [1.807, 2.05) is 0 Å². The van der Waals surface area contributed by atoms with Gasteiger partial charge in [-0.25, -0.2) is 4.39 Å². The zero-order valence-corrected chi connectivity index (χ0v) is 15.8. The fourth-order valence-corrected chi connectivity index (χ4v) is 3.16. The maximum atomic E-state index is 13.2. The molecule has 1 heterocycles. The van der Waals surface area contributed by atoms with Gasteiger partial charge in [-0.2, -0.15) is 13.2 Å². The summed E-state index contributed by atoms with van der Waals surface area (Å²) < 4.78 is 57.8. The maximum Gasteiger partial charge on any atom is 0.418 e. The molecule has 160 valence electrons. The summed E-state index contributed by atoms with van der Waals surface area (Å²) in [5.41, 5.74) is -3.77. The highest BCUT2D eigenvalue weighted by molar-refractivity contribution is 5.95. The van der Waals surface area contributed by atoms with E-state index in [0.717, 1.165) is 24.3 Å². The molecule has 30 heavy (non-hydrogen) atoms. The molecule has 0 unspecified atom stereocenters. The topological polar surface area (TPSA) is 79.2 Å². The summed E-state index contributed by atoms with van der Waals surface area (Å²) in [6.07, 6.45) is -4.45. The molecule has 0 aromatic heterocycles. The van der Waals surface area contributed by atoms with Gasteiger partial charge < -0.3 is 14.7 Å². The molecule has 1 aliphatic heterocycles. The molecule has 2 aromatic rings. The van der Waals surface area contributed by atoms with Gasteiger partial charge in [0.25, 0.3) is 0 Å². The van der Waals surface area contributed by atoms with E-state index in [4.69, 9.17) is 4.74 Å². The summed E-state index contributed by atoms with van der Waals surface area (Å²) in [5, 5.41) is 13.0. The number of halogens is 4. The first-order valence-corrected chi connectivity index (χ1v) is 8.99. The van der Waals surface area contributed by atoms with Crippen molar-refractivity contribution in [2.24, 2.45) is 5.18 Å². The summed E-state index contributed by atoms with van der Waals surface area (Å²) in [4.78, 5) is 24.9. The van der Waals surface area contributed by atoms with Gasteiger partial charge in [-0.3, -0.25) is 4.79 Å². The van der Waals surface area contributed by atoms with Gasteiger partial charge in [-0.1, -0.05) is 0 Å². The van der Waals surface area contributed by atoms with Crippen molar-refractivity contribution in [3.63, 3.8) is 0 Å². The molecule has 0 amide bonds. The van der Waals surface area contributed by atoms with Crippen molar-refractivity contribution < 1.29 is 32.2 Å². The molecule has 10 heteroatoms. The number of carbonyl (C=O) groups is 1. The van der Waals surface area contributed by atoms with E-state index in [-0.39, 0.29) is 11.4 Å². The van der Waals surface area contributed by atoms with Crippen molar-refractivity contribution in [3.05, 3.63) is 58.8 Å². The molecule has 0 spiro atoms. The summed E-state index contributed by atoms with van der Waals surface area (Å²) in [7, 11) is 0. The Hall–Kier alpha value is -3.01. The Balaban J connectivity index is 1.74. The van der Waals surface area contributed by atoms with Crippen LogP contribution in [0.25, 0.3) is 0 Å². The van der Waals surface area contributed by atoms with Crippen LogP contribution in [0.5, 0.6) is 5.75 Å². The van der Waals surface area contributed by atoms with E-state index < -0.39 is 47.3 Å². The zero-order valence-electron chi connectivity index (χ0n) is 15.8. The monoisotopic (exact) mass is 426 g/mol. The van der Waals surface area contributed by atoms with Crippen LogP contribution < -0.4 is 9.64 Å². The molecule has 0 aliphatic carbocycles. The molecule has 0 radical (unpaired) electrons. The highest BCUT2D eigenvalue weighted by atomic mass is 19.4. The molecule has 0 bridgehead atoms. The van der Waals surface area contributed by atoms with Gasteiger partial charge in [0.15, 0.2) is 11.4 Å². The SMILES string of the molecule is C[C@](O)(COc1ccc(F)cc1)C(=O)[C@H]1CCN1c1ccc(N=O)c(C(F)(F)F)c1. The number of Topliss-reactive ketones (excluding diaryl/α,β-unsaturated/α-hetero) is 1. The van der Waals surface area contributed by atoms with E-state index in [1.54, 1.807) is 0 Å². The van der Waals surface area contributed by atoms with Gasteiger partial charge in [0.2, 0.25) is 0 Å². The average Bonchev–Trinajstić information content (AvgIpc) is 2.66. The summed E-state index contributed by atoms with van der Waals surface area (Å²) in [6.45, 7) is 1.13. The first-order chi connectivity index (χ1) is 14.0. The average molecular weight is 426 g/mol. The molecular weight excluding hydrogens is 408 g/mol. The lowest BCUT2D eigenvalue weighted by molar-refractivity contribution is -0.141. The van der Waals surface area contributed by atoms with Crippen molar-refractivity contribution in [2.45, 2.75) is 31.2 Å². The number of anilines is 1. The lowest BCUT2D eigenvalue weighted by atomic mass is 9.87. The number of ketones is 1. The van der Waals surface area contributed by atoms with Crippen LogP contribution in [0.4, 0.5) is 28.9 Å². The summed E-state index contributed by atoms with van der Waals surface area (Å²) in [6, 6.07) is 7.13. The van der Waals surface area contributed by atoms with Crippen molar-refractivity contribution in [1.29, 1.82) is 0 Å². The van der Waals surface area contributed by atoms with Gasteiger partial charge in [0.05, 0.1) is 11.6 Å². The van der Waals surface area contributed by atoms with E-state index in [0.29, 0.717) is 13.0 Å². The van der Waals surface area contributed by atoms with Gasteiger partial charge in [-0.05, 0) is 61.0 Å². The fourth-order valence-electron chi connectivity index (χ4n) is 3.16. The predicted octanol–water partition coefficient (Wildman–Crippen LogP) is 4.22. The van der Waals surface area contributed by atoms with Crippen LogP contribution in [-0.4, -0.2) is 35.7 Å². The number of aliphatic hydroxyl groups is 1. The molecule has 1 fully saturated rings. The normalized spacial score (nSPS) is 18.3. The third-order valence-electron chi connectivity index (χ3n) is 4.90. The van der Waals surface area contributed by atoms with Crippen LogP contribution in [-0.2, 0) is 11.0 Å². The van der Waals surface area contributed by atoms with Gasteiger partial charge >= 0.3 is 6.18 Å². The molecular formula is C20H18F4N2O4. The Kier molecular flexibility index (Phi) is 5.80. The molecule has 2 atom stereocenters.